The van der Waals surface area contributed by atoms with E-state index in [0.29, 0.717) is 18.9 Å². The fraction of sp³-hybridized carbons (Fsp3) is 0.304. The average molecular weight is 501 g/mol. The predicted molar refractivity (Wildman–Crippen MR) is 132 cm³/mol. The van der Waals surface area contributed by atoms with Gasteiger partial charge in [-0.1, -0.05) is 29.8 Å². The maximum atomic E-state index is 13.7. The maximum Gasteiger partial charge on any atom is 0.313 e. The summed E-state index contributed by atoms with van der Waals surface area (Å²) in [7, 11) is 1.58. The Morgan fingerprint density at radius 3 is 2.60 bits per heavy atom. The lowest BCUT2D eigenvalue weighted by atomic mass is 9.96. The number of carbonyl (C=O) groups excluding carboxylic acids is 2. The summed E-state index contributed by atoms with van der Waals surface area (Å²) >= 11 is 5.68. The molecule has 2 aliphatic rings. The van der Waals surface area contributed by atoms with Crippen LogP contribution in [0.3, 0.4) is 0 Å². The average Bonchev–Trinajstić information content (AvgIpc) is 3.40. The van der Waals surface area contributed by atoms with Crippen LogP contribution in [0.25, 0.3) is 0 Å². The second-order valence-electron chi connectivity index (χ2n) is 8.68. The largest absolute Gasteiger partial charge is 0.370 e. The number of carbonyl (C=O) groups is 2. The number of anilines is 1. The van der Waals surface area contributed by atoms with Crippen LogP contribution in [0.15, 0.2) is 46.4 Å². The lowest BCUT2D eigenvalue weighted by Crippen LogP contribution is -2.43. The first-order valence-electron chi connectivity index (χ1n) is 10.9. The van der Waals surface area contributed by atoms with Crippen molar-refractivity contribution in [1.29, 1.82) is 0 Å². The molecule has 2 aromatic carbocycles. The van der Waals surface area contributed by atoms with Crippen molar-refractivity contribution in [2.75, 3.05) is 12.4 Å². The third-order valence-corrected chi connectivity index (χ3v) is 6.70. The number of rotatable bonds is 5. The topological polar surface area (TPSA) is 173 Å². The fourth-order valence-corrected chi connectivity index (χ4v) is 4.71. The van der Waals surface area contributed by atoms with Crippen molar-refractivity contribution in [2.24, 2.45) is 32.6 Å². The van der Waals surface area contributed by atoms with Crippen LogP contribution in [-0.2, 0) is 22.6 Å². The first kappa shape index (κ1) is 24.3. The van der Waals surface area contributed by atoms with Crippen molar-refractivity contribution in [3.05, 3.63) is 63.9 Å². The normalized spacial score (nSPS) is 22.3. The van der Waals surface area contributed by atoms with Gasteiger partial charge in [0.2, 0.25) is 0 Å². The van der Waals surface area contributed by atoms with Gasteiger partial charge in [0.05, 0.1) is 17.6 Å². The molecule has 2 aromatic rings. The van der Waals surface area contributed by atoms with Gasteiger partial charge < -0.3 is 33.2 Å². The van der Waals surface area contributed by atoms with Crippen molar-refractivity contribution in [2.45, 2.75) is 31.5 Å². The summed E-state index contributed by atoms with van der Waals surface area (Å²) in [5.74, 6) is -2.17. The second-order valence-corrected chi connectivity index (χ2v) is 9.09. The van der Waals surface area contributed by atoms with E-state index in [-0.39, 0.29) is 28.1 Å². The fourth-order valence-electron chi connectivity index (χ4n) is 4.59. The van der Waals surface area contributed by atoms with Crippen molar-refractivity contribution >= 4 is 41.0 Å². The summed E-state index contributed by atoms with van der Waals surface area (Å²) in [6, 6.07) is 9.06. The molecule has 1 fully saturated rings. The van der Waals surface area contributed by atoms with Crippen LogP contribution in [0, 0.1) is 11.2 Å². The minimum absolute atomic E-state index is 0.000486. The van der Waals surface area contributed by atoms with Crippen LogP contribution in [-0.4, -0.2) is 36.8 Å². The number of fused-ring (bicyclic) bond motifs is 1. The van der Waals surface area contributed by atoms with E-state index in [9.17, 15) is 14.0 Å². The summed E-state index contributed by atoms with van der Waals surface area (Å²) in [5, 5.41) is 8.36. The number of nitrogens with one attached hydrogen (secondary N) is 3. The second kappa shape index (κ2) is 9.41. The summed E-state index contributed by atoms with van der Waals surface area (Å²) in [6.45, 7) is 0.330. The standard InChI is InChI=1S/C23H26ClFN8O2/c1-29-22(28)32-17-9-23(17)8-12-6-11(10-30-21(26)27)2-4-14(12)18(23)33-20(35)19(34)31-13-3-5-15(24)16(25)7-13/h2-7,17-18H,8-10H2,1H3,(H,31,34)(H,33,35)(H4,26,27,30)(H3,28,29,32)/t17?,18-,23?/m0/s1. The molecule has 0 heterocycles. The third-order valence-electron chi connectivity index (χ3n) is 6.40. The Kier molecular flexibility index (Phi) is 6.53. The van der Waals surface area contributed by atoms with E-state index in [1.54, 1.807) is 7.05 Å². The van der Waals surface area contributed by atoms with E-state index >= 15 is 0 Å². The highest BCUT2D eigenvalue weighted by atomic mass is 35.5. The molecule has 10 nitrogen and oxygen atoms in total. The number of amides is 2. The molecule has 35 heavy (non-hydrogen) atoms. The molecule has 0 bridgehead atoms. The zero-order valence-corrected chi connectivity index (χ0v) is 19.7. The Balaban J connectivity index is 1.55. The Labute approximate surface area is 206 Å². The van der Waals surface area contributed by atoms with Gasteiger partial charge in [-0.3, -0.25) is 14.6 Å². The highest BCUT2D eigenvalue weighted by molar-refractivity contribution is 6.39. The van der Waals surface area contributed by atoms with Crippen LogP contribution >= 0.6 is 11.6 Å². The van der Waals surface area contributed by atoms with E-state index in [2.05, 4.69) is 25.9 Å². The van der Waals surface area contributed by atoms with Gasteiger partial charge in [0.25, 0.3) is 0 Å². The molecule has 1 saturated carbocycles. The molecule has 12 heteroatoms. The number of guanidine groups is 2. The maximum absolute atomic E-state index is 13.7. The summed E-state index contributed by atoms with van der Waals surface area (Å²) < 4.78 is 13.7. The number of hydrogen-bond acceptors (Lipinski definition) is 4. The van der Waals surface area contributed by atoms with E-state index in [1.807, 2.05) is 18.2 Å². The first-order chi connectivity index (χ1) is 16.6. The predicted octanol–water partition coefficient (Wildman–Crippen LogP) is 0.897. The Bertz CT molecular complexity index is 1250. The van der Waals surface area contributed by atoms with Crippen LogP contribution in [0.5, 0.6) is 0 Å². The number of nitrogens with two attached hydrogens (primary N) is 3. The zero-order chi connectivity index (χ0) is 25.3. The van der Waals surface area contributed by atoms with Gasteiger partial charge in [0, 0.05) is 24.2 Å². The molecule has 3 atom stereocenters. The molecule has 2 aliphatic carbocycles. The van der Waals surface area contributed by atoms with Crippen LogP contribution in [0.1, 0.15) is 29.2 Å². The molecule has 184 valence electrons. The number of hydrogen-bond donors (Lipinski definition) is 6. The number of aliphatic imine (C=N–C) groups is 2. The molecule has 2 amide bonds. The van der Waals surface area contributed by atoms with Crippen LogP contribution in [0.4, 0.5) is 10.1 Å². The van der Waals surface area contributed by atoms with Gasteiger partial charge in [0.15, 0.2) is 11.9 Å². The Hall–Kier alpha value is -3.86. The van der Waals surface area contributed by atoms with Crippen LogP contribution < -0.4 is 33.2 Å². The summed E-state index contributed by atoms with van der Waals surface area (Å²) in [4.78, 5) is 33.4. The molecular weight excluding hydrogens is 475 g/mol. The number of benzene rings is 2. The lowest BCUT2D eigenvalue weighted by Gasteiger charge is -2.23. The molecule has 1 spiro atoms. The van der Waals surface area contributed by atoms with E-state index in [1.165, 1.54) is 12.1 Å². The molecule has 4 rings (SSSR count). The van der Waals surface area contributed by atoms with Crippen molar-refractivity contribution in [3.8, 4) is 0 Å². The van der Waals surface area contributed by atoms with E-state index in [4.69, 9.17) is 28.8 Å². The Morgan fingerprint density at radius 2 is 1.91 bits per heavy atom. The first-order valence-corrected chi connectivity index (χ1v) is 11.2. The smallest absolute Gasteiger partial charge is 0.313 e. The summed E-state index contributed by atoms with van der Waals surface area (Å²) in [6.07, 6.45) is 1.37. The quantitative estimate of drug-likeness (QED) is 0.202. The van der Waals surface area contributed by atoms with Gasteiger partial charge in [-0.2, -0.15) is 0 Å². The Morgan fingerprint density at radius 1 is 1.14 bits per heavy atom. The molecule has 0 aromatic heterocycles. The number of nitrogens with zero attached hydrogens (tertiary/aromatic N) is 2. The van der Waals surface area contributed by atoms with E-state index < -0.39 is 23.7 Å². The SMILES string of the molecule is CN=C(N)NC1CC12Cc1cc(CN=C(N)N)ccc1[C@@H]2NC(=O)C(=O)Nc1ccc(Cl)c(F)c1. The monoisotopic (exact) mass is 500 g/mol. The highest BCUT2D eigenvalue weighted by Crippen LogP contribution is 2.62. The molecule has 2 unspecified atom stereocenters. The minimum atomic E-state index is -0.917. The van der Waals surface area contributed by atoms with Gasteiger partial charge in [-0.25, -0.2) is 9.38 Å². The molecule has 0 aliphatic heterocycles. The van der Waals surface area contributed by atoms with Gasteiger partial charge in [-0.15, -0.1) is 0 Å². The van der Waals surface area contributed by atoms with Crippen LogP contribution in [0.2, 0.25) is 5.02 Å². The molecule has 0 radical (unpaired) electrons. The molecule has 0 saturated heterocycles. The van der Waals surface area contributed by atoms with E-state index in [0.717, 1.165) is 29.2 Å². The van der Waals surface area contributed by atoms with Gasteiger partial charge >= 0.3 is 11.8 Å². The van der Waals surface area contributed by atoms with Crippen molar-refractivity contribution in [1.82, 2.24) is 10.6 Å². The lowest BCUT2D eigenvalue weighted by molar-refractivity contribution is -0.136. The number of halogens is 2. The third kappa shape index (κ3) is 4.99. The molecular formula is C23H26ClFN8O2. The molecule has 9 N–H and O–H groups in total. The van der Waals surface area contributed by atoms with Gasteiger partial charge in [0.1, 0.15) is 5.82 Å². The van der Waals surface area contributed by atoms with Crippen molar-refractivity contribution in [3.63, 3.8) is 0 Å². The highest BCUT2D eigenvalue weighted by Gasteiger charge is 2.63. The van der Waals surface area contributed by atoms with Crippen molar-refractivity contribution < 1.29 is 14.0 Å². The minimum Gasteiger partial charge on any atom is -0.370 e. The van der Waals surface area contributed by atoms with Gasteiger partial charge in [-0.05, 0) is 47.7 Å². The summed E-state index contributed by atoms with van der Waals surface area (Å²) in [5.41, 5.74) is 19.3. The zero-order valence-electron chi connectivity index (χ0n) is 18.9.